The molecule has 0 spiro atoms. The number of amides is 2. The number of ether oxygens (including phenoxy) is 2. The van der Waals surface area contributed by atoms with Crippen LogP contribution in [0.15, 0.2) is 34.9 Å². The van der Waals surface area contributed by atoms with Gasteiger partial charge in [-0.1, -0.05) is 0 Å². The molecule has 0 radical (unpaired) electrons. The molecule has 0 aliphatic carbocycles. The lowest BCUT2D eigenvalue weighted by molar-refractivity contribution is 0.199. The Kier molecular flexibility index (Phi) is 5.68. The number of methoxy groups -OCH3 is 2. The van der Waals surface area contributed by atoms with Crippen LogP contribution >= 0.6 is 0 Å². The van der Waals surface area contributed by atoms with E-state index < -0.39 is 11.9 Å². The molecule has 2 rings (SSSR count). The van der Waals surface area contributed by atoms with E-state index in [1.807, 2.05) is 0 Å². The zero-order valence-electron chi connectivity index (χ0n) is 14.1. The average Bonchev–Trinajstić information content (AvgIpc) is 3.07. The molecule has 0 bridgehead atoms. The van der Waals surface area contributed by atoms with Gasteiger partial charge in [-0.2, -0.15) is 0 Å². The predicted molar refractivity (Wildman–Crippen MR) is 86.6 cm³/mol. The summed E-state index contributed by atoms with van der Waals surface area (Å²) in [5.41, 5.74) is 0.312. The molecule has 1 N–H and O–H groups in total. The molecule has 2 amide bonds. The van der Waals surface area contributed by atoms with E-state index in [1.54, 1.807) is 32.4 Å². The van der Waals surface area contributed by atoms with Crippen molar-refractivity contribution in [2.24, 2.45) is 0 Å². The van der Waals surface area contributed by atoms with Crippen LogP contribution in [0.3, 0.4) is 0 Å². The lowest BCUT2D eigenvalue weighted by atomic mass is 10.1. The Labute approximate surface area is 140 Å². The number of benzene rings is 1. The van der Waals surface area contributed by atoms with Crippen molar-refractivity contribution in [3.8, 4) is 11.5 Å². The number of nitrogens with one attached hydrogen (secondary N) is 1. The van der Waals surface area contributed by atoms with Crippen LogP contribution in [0.25, 0.3) is 0 Å². The number of hydrogen-bond acceptors (Lipinski definition) is 4. The van der Waals surface area contributed by atoms with Gasteiger partial charge in [-0.15, -0.1) is 0 Å². The molecule has 0 saturated heterocycles. The standard InChI is InChI=1S/C17H21FN2O4/c1-11(13-8-15(22-3)16(23-4)9-14(13)18)19-17(21)20(2)10-12-6-5-7-24-12/h5-9,11H,10H2,1-4H3,(H,19,21)/t11-/m1/s1. The Morgan fingerprint density at radius 3 is 2.58 bits per heavy atom. The van der Waals surface area contributed by atoms with Crippen LogP contribution in [0, 0.1) is 5.82 Å². The predicted octanol–water partition coefficient (Wildman–Crippen LogP) is 3.34. The number of halogens is 1. The summed E-state index contributed by atoms with van der Waals surface area (Å²) < 4.78 is 29.7. The van der Waals surface area contributed by atoms with Crippen molar-refractivity contribution in [2.45, 2.75) is 19.5 Å². The topological polar surface area (TPSA) is 63.9 Å². The fraction of sp³-hybridized carbons (Fsp3) is 0.353. The zero-order chi connectivity index (χ0) is 17.7. The summed E-state index contributed by atoms with van der Waals surface area (Å²) in [5.74, 6) is 0.887. The quantitative estimate of drug-likeness (QED) is 0.879. The van der Waals surface area contributed by atoms with Gasteiger partial charge < -0.3 is 24.1 Å². The second-order valence-electron chi connectivity index (χ2n) is 5.34. The highest BCUT2D eigenvalue weighted by Crippen LogP contribution is 2.32. The third-order valence-corrected chi connectivity index (χ3v) is 3.63. The van der Waals surface area contributed by atoms with E-state index in [1.165, 1.54) is 31.3 Å². The highest BCUT2D eigenvalue weighted by atomic mass is 19.1. The van der Waals surface area contributed by atoms with E-state index in [2.05, 4.69) is 5.32 Å². The Hall–Kier alpha value is -2.70. The van der Waals surface area contributed by atoms with Gasteiger partial charge in [-0.05, 0) is 25.1 Å². The van der Waals surface area contributed by atoms with E-state index in [9.17, 15) is 9.18 Å². The van der Waals surface area contributed by atoms with Gasteiger partial charge in [0.25, 0.3) is 0 Å². The van der Waals surface area contributed by atoms with E-state index >= 15 is 0 Å². The molecule has 0 aliphatic rings. The number of hydrogen-bond donors (Lipinski definition) is 1. The average molecular weight is 336 g/mol. The molecule has 2 aromatic rings. The number of rotatable bonds is 6. The van der Waals surface area contributed by atoms with Crippen molar-refractivity contribution in [2.75, 3.05) is 21.3 Å². The third-order valence-electron chi connectivity index (χ3n) is 3.63. The fourth-order valence-electron chi connectivity index (χ4n) is 2.28. The second kappa shape index (κ2) is 7.72. The van der Waals surface area contributed by atoms with Crippen LogP contribution < -0.4 is 14.8 Å². The maximum Gasteiger partial charge on any atom is 0.318 e. The van der Waals surface area contributed by atoms with Gasteiger partial charge in [0, 0.05) is 18.7 Å². The van der Waals surface area contributed by atoms with Crippen molar-refractivity contribution >= 4 is 6.03 Å². The highest BCUT2D eigenvalue weighted by Gasteiger charge is 2.19. The summed E-state index contributed by atoms with van der Waals surface area (Å²) in [5, 5.41) is 2.75. The number of nitrogens with zero attached hydrogens (tertiary/aromatic N) is 1. The summed E-state index contributed by atoms with van der Waals surface area (Å²) in [4.78, 5) is 13.7. The van der Waals surface area contributed by atoms with Crippen LogP contribution in [-0.4, -0.2) is 32.2 Å². The normalized spacial score (nSPS) is 11.7. The summed E-state index contributed by atoms with van der Waals surface area (Å²) >= 11 is 0. The number of carbonyl (C=O) groups excluding carboxylic acids is 1. The SMILES string of the molecule is COc1cc(F)c([C@@H](C)NC(=O)N(C)Cc2ccco2)cc1OC. The number of furan rings is 1. The first-order valence-corrected chi connectivity index (χ1v) is 7.41. The van der Waals surface area contributed by atoms with Crippen molar-refractivity contribution in [1.29, 1.82) is 0 Å². The maximum absolute atomic E-state index is 14.2. The minimum absolute atomic E-state index is 0.298. The van der Waals surface area contributed by atoms with Crippen LogP contribution in [0.1, 0.15) is 24.3 Å². The van der Waals surface area contributed by atoms with Crippen LogP contribution in [0.4, 0.5) is 9.18 Å². The summed E-state index contributed by atoms with van der Waals surface area (Å²) in [6.07, 6.45) is 1.54. The molecule has 6 nitrogen and oxygen atoms in total. The minimum Gasteiger partial charge on any atom is -0.493 e. The lowest BCUT2D eigenvalue weighted by Gasteiger charge is -2.22. The third kappa shape index (κ3) is 3.98. The smallest absolute Gasteiger partial charge is 0.318 e. The molecule has 1 heterocycles. The van der Waals surface area contributed by atoms with Gasteiger partial charge in [-0.3, -0.25) is 0 Å². The zero-order valence-corrected chi connectivity index (χ0v) is 14.1. The van der Waals surface area contributed by atoms with E-state index in [-0.39, 0.29) is 6.03 Å². The van der Waals surface area contributed by atoms with Gasteiger partial charge in [-0.25, -0.2) is 9.18 Å². The first-order chi connectivity index (χ1) is 11.5. The largest absolute Gasteiger partial charge is 0.493 e. The Balaban J connectivity index is 2.08. The molecule has 24 heavy (non-hydrogen) atoms. The van der Waals surface area contributed by atoms with Gasteiger partial charge in [0.1, 0.15) is 11.6 Å². The van der Waals surface area contributed by atoms with E-state index in [0.717, 1.165) is 0 Å². The van der Waals surface area contributed by atoms with Gasteiger partial charge in [0.2, 0.25) is 0 Å². The Morgan fingerprint density at radius 2 is 2.00 bits per heavy atom. The molecular weight excluding hydrogens is 315 g/mol. The van der Waals surface area contributed by atoms with Crippen molar-refractivity contribution in [3.05, 3.63) is 47.7 Å². The summed E-state index contributed by atoms with van der Waals surface area (Å²) in [6.45, 7) is 2.02. The lowest BCUT2D eigenvalue weighted by Crippen LogP contribution is -2.38. The molecule has 0 aliphatic heterocycles. The first kappa shape index (κ1) is 17.7. The minimum atomic E-state index is -0.545. The molecule has 0 unspecified atom stereocenters. The van der Waals surface area contributed by atoms with Gasteiger partial charge in [0.15, 0.2) is 11.5 Å². The Bertz CT molecular complexity index is 688. The summed E-state index contributed by atoms with van der Waals surface area (Å²) in [7, 11) is 4.54. The maximum atomic E-state index is 14.2. The van der Waals surface area contributed by atoms with E-state index in [4.69, 9.17) is 13.9 Å². The molecule has 1 aromatic carbocycles. The highest BCUT2D eigenvalue weighted by molar-refractivity contribution is 5.74. The molecule has 1 atom stereocenters. The Morgan fingerprint density at radius 1 is 1.33 bits per heavy atom. The fourth-order valence-corrected chi connectivity index (χ4v) is 2.28. The first-order valence-electron chi connectivity index (χ1n) is 7.41. The number of urea groups is 1. The monoisotopic (exact) mass is 336 g/mol. The molecule has 7 heteroatoms. The van der Waals surface area contributed by atoms with Crippen molar-refractivity contribution in [3.63, 3.8) is 0 Å². The summed E-state index contributed by atoms with van der Waals surface area (Å²) in [6, 6.07) is 5.41. The van der Waals surface area contributed by atoms with Crippen molar-refractivity contribution < 1.29 is 23.1 Å². The second-order valence-corrected chi connectivity index (χ2v) is 5.34. The van der Waals surface area contributed by atoms with E-state index in [0.29, 0.717) is 29.4 Å². The van der Waals surface area contributed by atoms with Gasteiger partial charge in [0.05, 0.1) is 33.1 Å². The van der Waals surface area contributed by atoms with Gasteiger partial charge >= 0.3 is 6.03 Å². The van der Waals surface area contributed by atoms with Crippen LogP contribution in [0.2, 0.25) is 0 Å². The van der Waals surface area contributed by atoms with Crippen LogP contribution in [0.5, 0.6) is 11.5 Å². The molecule has 130 valence electrons. The molecule has 0 fully saturated rings. The molecule has 0 saturated carbocycles. The molecule has 1 aromatic heterocycles. The van der Waals surface area contributed by atoms with Crippen molar-refractivity contribution in [1.82, 2.24) is 10.2 Å². The number of carbonyl (C=O) groups is 1. The van der Waals surface area contributed by atoms with Crippen LogP contribution in [-0.2, 0) is 6.54 Å². The molecular formula is C17H21FN2O4.